The van der Waals surface area contributed by atoms with Crippen molar-refractivity contribution in [3.05, 3.63) is 48.3 Å². The van der Waals surface area contributed by atoms with Crippen LogP contribution in [0.1, 0.15) is 5.56 Å². The fraction of sp³-hybridized carbons (Fsp3) is 0.0714. The smallest absolute Gasteiger partial charge is 0.154 e. The highest BCUT2D eigenvalue weighted by molar-refractivity contribution is 7.22. The highest BCUT2D eigenvalue weighted by Gasteiger charge is 2.07. The number of anilines is 1. The van der Waals surface area contributed by atoms with Crippen molar-refractivity contribution in [3.8, 4) is 11.5 Å². The van der Waals surface area contributed by atoms with Gasteiger partial charge in [-0.1, -0.05) is 17.7 Å². The van der Waals surface area contributed by atoms with Gasteiger partial charge in [-0.05, 0) is 25.1 Å². The summed E-state index contributed by atoms with van der Waals surface area (Å²) in [5.74, 6) is 1.55. The molecule has 0 unspecified atom stereocenters. The Balaban J connectivity index is 2.01. The number of pyridine rings is 1. The van der Waals surface area contributed by atoms with Crippen LogP contribution in [0.3, 0.4) is 0 Å². The molecule has 0 saturated heterocycles. The number of benzene rings is 1. The molecule has 0 aliphatic rings. The molecule has 2 aromatic heterocycles. The number of aryl methyl sites for hydroxylation is 1. The van der Waals surface area contributed by atoms with Crippen LogP contribution in [0, 0.1) is 6.92 Å². The van der Waals surface area contributed by atoms with Gasteiger partial charge in [-0.15, -0.1) is 11.3 Å². The zero-order chi connectivity index (χ0) is 12.5. The molecule has 2 heterocycles. The van der Waals surface area contributed by atoms with Gasteiger partial charge in [0.05, 0.1) is 15.9 Å². The summed E-state index contributed by atoms with van der Waals surface area (Å²) in [6.45, 7) is 2.05. The summed E-state index contributed by atoms with van der Waals surface area (Å²) in [5.41, 5.74) is 7.01. The fourth-order valence-corrected chi connectivity index (χ4v) is 2.58. The lowest BCUT2D eigenvalue weighted by molar-refractivity contribution is 0.486. The van der Waals surface area contributed by atoms with Crippen LogP contribution < -0.4 is 10.5 Å². The van der Waals surface area contributed by atoms with Gasteiger partial charge in [-0.25, -0.2) is 0 Å². The average molecular weight is 256 g/mol. The number of ether oxygens (including phenoxy) is 1. The van der Waals surface area contributed by atoms with Crippen LogP contribution in [0.4, 0.5) is 5.00 Å². The molecular weight excluding hydrogens is 244 g/mol. The minimum Gasteiger partial charge on any atom is -0.455 e. The molecule has 0 atom stereocenters. The molecule has 0 aliphatic carbocycles. The lowest BCUT2D eigenvalue weighted by atomic mass is 10.2. The summed E-state index contributed by atoms with van der Waals surface area (Å²) in [6.07, 6.45) is 3.52. The topological polar surface area (TPSA) is 48.1 Å². The molecular formula is C14H12N2OS. The van der Waals surface area contributed by atoms with E-state index in [0.717, 1.165) is 26.6 Å². The lowest BCUT2D eigenvalue weighted by Gasteiger charge is -2.06. The lowest BCUT2D eigenvalue weighted by Crippen LogP contribution is -1.86. The first-order valence-corrected chi connectivity index (χ1v) is 6.41. The van der Waals surface area contributed by atoms with Crippen LogP contribution in [0.2, 0.25) is 0 Å². The molecule has 90 valence electrons. The van der Waals surface area contributed by atoms with Crippen molar-refractivity contribution >= 4 is 26.4 Å². The number of nitrogen functional groups attached to an aromatic ring is 1. The normalized spacial score (nSPS) is 10.7. The maximum Gasteiger partial charge on any atom is 0.154 e. The predicted octanol–water partition coefficient (Wildman–Crippen LogP) is 3.98. The van der Waals surface area contributed by atoms with Gasteiger partial charge < -0.3 is 10.5 Å². The van der Waals surface area contributed by atoms with Gasteiger partial charge in [0.15, 0.2) is 5.75 Å². The molecule has 0 fully saturated rings. The van der Waals surface area contributed by atoms with Crippen molar-refractivity contribution in [3.63, 3.8) is 0 Å². The van der Waals surface area contributed by atoms with Crippen LogP contribution in [-0.2, 0) is 0 Å². The van der Waals surface area contributed by atoms with Crippen LogP contribution in [-0.4, -0.2) is 4.98 Å². The maximum absolute atomic E-state index is 5.85. The van der Waals surface area contributed by atoms with E-state index in [1.54, 1.807) is 12.4 Å². The molecule has 3 rings (SSSR count). The SMILES string of the molecule is Cc1ccc(Oc2cncc3sc(N)cc23)cc1. The summed E-state index contributed by atoms with van der Waals surface area (Å²) in [6, 6.07) is 9.86. The van der Waals surface area contributed by atoms with E-state index < -0.39 is 0 Å². The minimum atomic E-state index is 0.740. The van der Waals surface area contributed by atoms with Crippen molar-refractivity contribution in [2.75, 3.05) is 5.73 Å². The number of rotatable bonds is 2. The second kappa shape index (κ2) is 4.31. The molecule has 0 spiro atoms. The third-order valence-corrected chi connectivity index (χ3v) is 3.58. The first kappa shape index (κ1) is 11.0. The number of fused-ring (bicyclic) bond motifs is 1. The molecule has 4 heteroatoms. The number of aromatic nitrogens is 1. The summed E-state index contributed by atoms with van der Waals surface area (Å²) >= 11 is 1.51. The minimum absolute atomic E-state index is 0.740. The van der Waals surface area contributed by atoms with Crippen molar-refractivity contribution in [1.82, 2.24) is 4.98 Å². The van der Waals surface area contributed by atoms with Gasteiger partial charge in [-0.2, -0.15) is 0 Å². The van der Waals surface area contributed by atoms with Crippen LogP contribution in [0.5, 0.6) is 11.5 Å². The van der Waals surface area contributed by atoms with Crippen LogP contribution in [0.25, 0.3) is 10.1 Å². The van der Waals surface area contributed by atoms with Gasteiger partial charge >= 0.3 is 0 Å². The van der Waals surface area contributed by atoms with E-state index in [0.29, 0.717) is 0 Å². The average Bonchev–Trinajstić information content (AvgIpc) is 2.73. The van der Waals surface area contributed by atoms with Gasteiger partial charge in [0.25, 0.3) is 0 Å². The van der Waals surface area contributed by atoms with Crippen molar-refractivity contribution in [2.45, 2.75) is 6.92 Å². The van der Waals surface area contributed by atoms with E-state index in [4.69, 9.17) is 10.5 Å². The number of hydrogen-bond donors (Lipinski definition) is 1. The van der Waals surface area contributed by atoms with E-state index >= 15 is 0 Å². The monoisotopic (exact) mass is 256 g/mol. The Labute approximate surface area is 109 Å². The fourth-order valence-electron chi connectivity index (χ4n) is 1.77. The van der Waals surface area contributed by atoms with Crippen LogP contribution in [0.15, 0.2) is 42.7 Å². The molecule has 1 aromatic carbocycles. The highest BCUT2D eigenvalue weighted by atomic mass is 32.1. The summed E-state index contributed by atoms with van der Waals surface area (Å²) in [5, 5.41) is 1.78. The Morgan fingerprint density at radius 3 is 2.72 bits per heavy atom. The Bertz CT molecular complexity index is 689. The van der Waals surface area contributed by atoms with Crippen LogP contribution >= 0.6 is 11.3 Å². The molecule has 0 radical (unpaired) electrons. The Morgan fingerprint density at radius 2 is 1.94 bits per heavy atom. The number of nitrogens with two attached hydrogens (primary N) is 1. The Hall–Kier alpha value is -2.07. The first-order valence-electron chi connectivity index (χ1n) is 5.60. The quantitative estimate of drug-likeness (QED) is 0.754. The van der Waals surface area contributed by atoms with Gasteiger partial charge in [0, 0.05) is 11.6 Å². The Kier molecular flexibility index (Phi) is 2.64. The van der Waals surface area contributed by atoms with E-state index in [1.165, 1.54) is 16.9 Å². The molecule has 3 aromatic rings. The van der Waals surface area contributed by atoms with E-state index in [1.807, 2.05) is 37.3 Å². The van der Waals surface area contributed by atoms with Gasteiger partial charge in [-0.3, -0.25) is 4.98 Å². The van der Waals surface area contributed by atoms with Gasteiger partial charge in [0.1, 0.15) is 5.75 Å². The van der Waals surface area contributed by atoms with Crippen molar-refractivity contribution in [1.29, 1.82) is 0 Å². The predicted molar refractivity (Wildman–Crippen MR) is 75.3 cm³/mol. The second-order valence-electron chi connectivity index (χ2n) is 4.11. The van der Waals surface area contributed by atoms with E-state index in [9.17, 15) is 0 Å². The zero-order valence-corrected chi connectivity index (χ0v) is 10.7. The largest absolute Gasteiger partial charge is 0.455 e. The highest BCUT2D eigenvalue weighted by Crippen LogP contribution is 2.35. The number of nitrogens with zero attached hydrogens (tertiary/aromatic N) is 1. The van der Waals surface area contributed by atoms with Crippen molar-refractivity contribution < 1.29 is 4.74 Å². The molecule has 2 N–H and O–H groups in total. The summed E-state index contributed by atoms with van der Waals surface area (Å²) in [7, 11) is 0. The third-order valence-electron chi connectivity index (χ3n) is 2.68. The number of thiophene rings is 1. The second-order valence-corrected chi connectivity index (χ2v) is 5.23. The molecule has 0 bridgehead atoms. The van der Waals surface area contributed by atoms with Gasteiger partial charge in [0.2, 0.25) is 0 Å². The standard InChI is InChI=1S/C14H12N2OS/c1-9-2-4-10(5-3-9)17-12-7-16-8-13-11(12)6-14(15)18-13/h2-8H,15H2,1H3. The summed E-state index contributed by atoms with van der Waals surface area (Å²) < 4.78 is 6.89. The van der Waals surface area contributed by atoms with E-state index in [2.05, 4.69) is 4.98 Å². The Morgan fingerprint density at radius 1 is 1.17 bits per heavy atom. The molecule has 0 amide bonds. The molecule has 0 aliphatic heterocycles. The molecule has 18 heavy (non-hydrogen) atoms. The molecule has 3 nitrogen and oxygen atoms in total. The van der Waals surface area contributed by atoms with Crippen molar-refractivity contribution in [2.24, 2.45) is 0 Å². The number of hydrogen-bond acceptors (Lipinski definition) is 4. The van der Waals surface area contributed by atoms with E-state index in [-0.39, 0.29) is 0 Å². The maximum atomic E-state index is 5.85. The zero-order valence-electron chi connectivity index (χ0n) is 9.88. The first-order chi connectivity index (χ1) is 8.72. The summed E-state index contributed by atoms with van der Waals surface area (Å²) in [4.78, 5) is 4.17. The molecule has 0 saturated carbocycles. The third kappa shape index (κ3) is 2.02.